The minimum Gasteiger partial charge on any atom is -0.390 e. The van der Waals surface area contributed by atoms with Gasteiger partial charge in [-0.2, -0.15) is 8.42 Å². The highest BCUT2D eigenvalue weighted by molar-refractivity contribution is 7.84. The van der Waals surface area contributed by atoms with Crippen molar-refractivity contribution < 1.29 is 27.6 Å². The zero-order valence-electron chi connectivity index (χ0n) is 16.2. The monoisotopic (exact) mass is 423 g/mol. The van der Waals surface area contributed by atoms with Crippen LogP contribution in [-0.2, 0) is 14.5 Å². The molecule has 10 heteroatoms. The Morgan fingerprint density at radius 1 is 1.34 bits per heavy atom. The summed E-state index contributed by atoms with van der Waals surface area (Å²) in [5.74, 6) is -0.784. The van der Waals surface area contributed by atoms with E-state index in [1.165, 1.54) is 12.4 Å². The lowest BCUT2D eigenvalue weighted by molar-refractivity contribution is 0.00781. The minimum absolute atomic E-state index is 0.154. The first-order chi connectivity index (χ1) is 13.6. The van der Waals surface area contributed by atoms with Crippen molar-refractivity contribution >= 4 is 21.8 Å². The number of hydrogen-bond donors (Lipinski definition) is 4. The second-order valence-electron chi connectivity index (χ2n) is 7.57. The van der Waals surface area contributed by atoms with Crippen LogP contribution in [0.1, 0.15) is 37.0 Å². The quantitative estimate of drug-likeness (QED) is 0.467. The van der Waals surface area contributed by atoms with E-state index in [9.17, 15) is 23.4 Å². The average Bonchev–Trinajstić information content (AvgIpc) is 3.13. The largest absolute Gasteiger partial charge is 0.390 e. The van der Waals surface area contributed by atoms with Crippen molar-refractivity contribution in [1.29, 1.82) is 0 Å². The summed E-state index contributed by atoms with van der Waals surface area (Å²) in [7, 11) is -4.14. The molecule has 0 saturated heterocycles. The molecule has 1 heterocycles. The third-order valence-electron chi connectivity index (χ3n) is 5.47. The first kappa shape index (κ1) is 21.6. The zero-order valence-corrected chi connectivity index (χ0v) is 17.0. The highest BCUT2D eigenvalue weighted by atomic mass is 32.2. The predicted molar refractivity (Wildman–Crippen MR) is 106 cm³/mol. The number of aliphatic hydroxyl groups excluding tert-OH is 2. The summed E-state index contributed by atoms with van der Waals surface area (Å²) >= 11 is 0. The number of Topliss-reactive ketones (excluding diaryl/α,β-unsaturated/α-hetero) is 1. The lowest BCUT2D eigenvalue weighted by Crippen LogP contribution is -2.36. The Balaban J connectivity index is 1.74. The van der Waals surface area contributed by atoms with Crippen LogP contribution >= 0.6 is 0 Å². The third kappa shape index (κ3) is 4.90. The van der Waals surface area contributed by atoms with Gasteiger partial charge in [0.05, 0.1) is 24.3 Å². The average molecular weight is 423 g/mol. The molecule has 0 spiro atoms. The summed E-state index contributed by atoms with van der Waals surface area (Å²) in [6.45, 7) is 3.60. The molecule has 1 saturated carbocycles. The molecule has 4 atom stereocenters. The summed E-state index contributed by atoms with van der Waals surface area (Å²) in [4.78, 5) is 17.0. The highest BCUT2D eigenvalue weighted by Gasteiger charge is 2.42. The number of carbonyl (C=O) groups excluding carboxylic acids is 1. The maximum absolute atomic E-state index is 13.0. The van der Waals surface area contributed by atoms with E-state index in [1.807, 2.05) is 19.9 Å². The molecule has 3 rings (SSSR count). The van der Waals surface area contributed by atoms with Crippen molar-refractivity contribution in [1.82, 2.24) is 4.98 Å². The lowest BCUT2D eigenvalue weighted by Gasteiger charge is -2.20. The van der Waals surface area contributed by atoms with Gasteiger partial charge in [0, 0.05) is 29.6 Å². The van der Waals surface area contributed by atoms with Gasteiger partial charge in [0.1, 0.15) is 6.10 Å². The maximum atomic E-state index is 13.0. The standard InChI is InChI=1S/C19H25N3O6S/c1-10-5-12(6-11(10)2)17(23)14-8-21-4-3-15(14)22-16-7-13(18(24)19(16)25)9-28-29(20,26)27/h3-5,8,13,16,18-19,24-25H,6-7,9H2,1-2H3,(H,21,22)(H2,20,26,27)/t13-,16-,18-,19+/m1/s1. The van der Waals surface area contributed by atoms with Crippen molar-refractivity contribution in [2.45, 2.75) is 44.9 Å². The Labute approximate surface area is 169 Å². The van der Waals surface area contributed by atoms with Crippen LogP contribution in [0.4, 0.5) is 5.69 Å². The molecule has 2 aliphatic carbocycles. The number of hydrogen-bond acceptors (Lipinski definition) is 8. The molecular formula is C19H25N3O6S. The van der Waals surface area contributed by atoms with Crippen LogP contribution in [-0.4, -0.2) is 54.3 Å². The van der Waals surface area contributed by atoms with Gasteiger partial charge in [-0.3, -0.25) is 14.0 Å². The van der Waals surface area contributed by atoms with Gasteiger partial charge >= 0.3 is 10.3 Å². The van der Waals surface area contributed by atoms with E-state index in [-0.39, 0.29) is 18.8 Å². The van der Waals surface area contributed by atoms with Crippen LogP contribution in [0.5, 0.6) is 0 Å². The van der Waals surface area contributed by atoms with Gasteiger partial charge in [0.15, 0.2) is 5.78 Å². The van der Waals surface area contributed by atoms with Crippen molar-refractivity contribution in [2.24, 2.45) is 11.1 Å². The number of rotatable bonds is 7. The number of ketones is 1. The Kier molecular flexibility index (Phi) is 6.20. The second-order valence-corrected chi connectivity index (χ2v) is 8.79. The van der Waals surface area contributed by atoms with E-state index in [2.05, 4.69) is 14.5 Å². The molecule has 0 aliphatic heterocycles. The van der Waals surface area contributed by atoms with Crippen LogP contribution in [0.25, 0.3) is 0 Å². The number of aliphatic hydroxyl groups is 2. The van der Waals surface area contributed by atoms with Crippen LogP contribution in [0, 0.1) is 5.92 Å². The molecule has 1 aromatic heterocycles. The Morgan fingerprint density at radius 3 is 2.69 bits per heavy atom. The summed E-state index contributed by atoms with van der Waals surface area (Å²) in [5, 5.41) is 28.5. The number of carbonyl (C=O) groups is 1. The molecule has 158 valence electrons. The van der Waals surface area contributed by atoms with E-state index in [0.29, 0.717) is 23.2 Å². The SMILES string of the molecule is CC1=C(C)CC(C(=O)c2cnccc2N[C@@H]2C[C@H](COS(N)(=O)=O)[C@@H](O)[C@H]2O)=C1. The Hall–Kier alpha value is -2.11. The molecule has 9 nitrogen and oxygen atoms in total. The van der Waals surface area contributed by atoms with Crippen LogP contribution in [0.15, 0.2) is 41.3 Å². The summed E-state index contributed by atoms with van der Waals surface area (Å²) in [5.41, 5.74) is 3.73. The van der Waals surface area contributed by atoms with E-state index in [0.717, 1.165) is 11.1 Å². The molecule has 0 amide bonds. The van der Waals surface area contributed by atoms with Gasteiger partial charge in [-0.15, -0.1) is 0 Å². The smallest absolute Gasteiger partial charge is 0.333 e. The molecule has 1 aromatic rings. The predicted octanol–water partition coefficient (Wildman–Crippen LogP) is 0.673. The molecule has 0 bridgehead atoms. The van der Waals surface area contributed by atoms with E-state index >= 15 is 0 Å². The second kappa shape index (κ2) is 8.33. The fourth-order valence-corrected chi connectivity index (χ4v) is 4.06. The maximum Gasteiger partial charge on any atom is 0.333 e. The van der Waals surface area contributed by atoms with Gasteiger partial charge in [-0.1, -0.05) is 17.2 Å². The van der Waals surface area contributed by atoms with Crippen LogP contribution in [0.3, 0.4) is 0 Å². The molecular weight excluding hydrogens is 398 g/mol. The number of nitrogens with two attached hydrogens (primary N) is 1. The normalized spacial score (nSPS) is 27.3. The van der Waals surface area contributed by atoms with E-state index < -0.39 is 34.5 Å². The molecule has 1 fully saturated rings. The van der Waals surface area contributed by atoms with Gasteiger partial charge in [-0.25, -0.2) is 5.14 Å². The van der Waals surface area contributed by atoms with Gasteiger partial charge in [0.2, 0.25) is 0 Å². The number of anilines is 1. The number of allylic oxidation sites excluding steroid dienone is 4. The summed E-state index contributed by atoms with van der Waals surface area (Å²) < 4.78 is 26.5. The fourth-order valence-electron chi connectivity index (χ4n) is 3.70. The Morgan fingerprint density at radius 2 is 2.07 bits per heavy atom. The number of nitrogens with zero attached hydrogens (tertiary/aromatic N) is 1. The topological polar surface area (TPSA) is 152 Å². The number of nitrogens with one attached hydrogen (secondary N) is 1. The summed E-state index contributed by atoms with van der Waals surface area (Å²) in [6, 6.07) is 1.02. The molecule has 0 aromatic carbocycles. The fraction of sp³-hybridized carbons (Fsp3) is 0.474. The van der Waals surface area contributed by atoms with E-state index in [4.69, 9.17) is 5.14 Å². The zero-order chi connectivity index (χ0) is 21.3. The molecule has 29 heavy (non-hydrogen) atoms. The van der Waals surface area contributed by atoms with Crippen LogP contribution in [0.2, 0.25) is 0 Å². The Bertz CT molecular complexity index is 972. The third-order valence-corrected chi connectivity index (χ3v) is 5.93. The molecule has 2 aliphatic rings. The van der Waals surface area contributed by atoms with Crippen LogP contribution < -0.4 is 10.5 Å². The van der Waals surface area contributed by atoms with Crippen molar-refractivity contribution in [3.63, 3.8) is 0 Å². The van der Waals surface area contributed by atoms with Crippen molar-refractivity contribution in [2.75, 3.05) is 11.9 Å². The van der Waals surface area contributed by atoms with E-state index in [1.54, 1.807) is 6.07 Å². The number of pyridine rings is 1. The molecule has 0 unspecified atom stereocenters. The van der Waals surface area contributed by atoms with Gasteiger partial charge in [0.25, 0.3) is 0 Å². The molecule has 5 N–H and O–H groups in total. The van der Waals surface area contributed by atoms with Crippen molar-refractivity contribution in [3.8, 4) is 0 Å². The summed E-state index contributed by atoms with van der Waals surface area (Å²) in [6.07, 6.45) is 3.31. The minimum atomic E-state index is -4.14. The number of aromatic nitrogens is 1. The van der Waals surface area contributed by atoms with Crippen molar-refractivity contribution in [3.05, 3.63) is 46.8 Å². The first-order valence-corrected chi connectivity index (χ1v) is 10.7. The van der Waals surface area contributed by atoms with Gasteiger partial charge < -0.3 is 15.5 Å². The lowest BCUT2D eigenvalue weighted by atomic mass is 10.0. The first-order valence-electron chi connectivity index (χ1n) is 9.22. The molecule has 0 radical (unpaired) electrons. The van der Waals surface area contributed by atoms with Gasteiger partial charge in [-0.05, 0) is 32.8 Å². The highest BCUT2D eigenvalue weighted by Crippen LogP contribution is 2.32.